The maximum absolute atomic E-state index is 13.7. The number of hydrogen-bond acceptors (Lipinski definition) is 13. The van der Waals surface area contributed by atoms with Gasteiger partial charge in [-0.3, -0.25) is 28.4 Å². The molecule has 27 nitrogen and oxygen atoms in total. The molecule has 0 unspecified atom stereocenters. The number of alkyl halides is 1. The van der Waals surface area contributed by atoms with Gasteiger partial charge in [-0.2, -0.15) is 0 Å². The number of carbonyl (C=O) groups is 11. The van der Waals surface area contributed by atoms with E-state index in [1.54, 1.807) is 40.3 Å². The maximum atomic E-state index is 13.7. The van der Waals surface area contributed by atoms with Crippen LogP contribution in [0.1, 0.15) is 112 Å². The highest BCUT2D eigenvalue weighted by Gasteiger charge is 2.33. The largest absolute Gasteiger partial charge is 0.481 e. The summed E-state index contributed by atoms with van der Waals surface area (Å²) in [6.45, 7) is 0.483. The predicted octanol–water partition coefficient (Wildman–Crippen LogP) is 1.23. The smallest absolute Gasteiger partial charge is 0.326 e. The number of urea groups is 2. The zero-order valence-corrected chi connectivity index (χ0v) is 41.1. The van der Waals surface area contributed by atoms with Gasteiger partial charge in [0.05, 0.1) is 24.3 Å². The first kappa shape index (κ1) is 59.6. The fourth-order valence-corrected chi connectivity index (χ4v) is 8.73. The summed E-state index contributed by atoms with van der Waals surface area (Å²) < 4.78 is 14.2. The van der Waals surface area contributed by atoms with Crippen LogP contribution in [-0.4, -0.2) is 184 Å². The molecule has 0 aliphatic carbocycles. The molecule has 28 heteroatoms. The van der Waals surface area contributed by atoms with Crippen LogP contribution in [0.25, 0.3) is 5.69 Å². The van der Waals surface area contributed by atoms with E-state index in [1.165, 1.54) is 4.68 Å². The lowest BCUT2D eigenvalue weighted by molar-refractivity contribution is -0.142. The van der Waals surface area contributed by atoms with Crippen molar-refractivity contribution < 1.29 is 87.8 Å². The van der Waals surface area contributed by atoms with Crippen LogP contribution in [0.15, 0.2) is 30.5 Å². The molecule has 2 saturated heterocycles. The van der Waals surface area contributed by atoms with Gasteiger partial charge in [-0.1, -0.05) is 5.21 Å². The lowest BCUT2D eigenvalue weighted by Crippen LogP contribution is -2.52. The molecule has 0 saturated carbocycles. The summed E-state index contributed by atoms with van der Waals surface area (Å²) in [5.41, 5.74) is 1.45. The minimum absolute atomic E-state index is 0.0343. The lowest BCUT2D eigenvalue weighted by Gasteiger charge is -2.34. The van der Waals surface area contributed by atoms with Crippen LogP contribution in [-0.2, 0) is 44.8 Å². The Morgan fingerprint density at radius 1 is 0.560 bits per heavy atom. The van der Waals surface area contributed by atoms with Gasteiger partial charge in [0.15, 0.2) is 0 Å². The third-order valence-electron chi connectivity index (χ3n) is 13.0. The van der Waals surface area contributed by atoms with Crippen LogP contribution >= 0.6 is 0 Å². The first-order chi connectivity index (χ1) is 35.6. The highest BCUT2D eigenvalue weighted by Crippen LogP contribution is 2.25. The summed E-state index contributed by atoms with van der Waals surface area (Å²) in [5.74, 6) is -9.81. The number of carboxylic acids is 6. The van der Waals surface area contributed by atoms with Crippen LogP contribution in [0.3, 0.4) is 0 Å². The third-order valence-corrected chi connectivity index (χ3v) is 13.0. The minimum Gasteiger partial charge on any atom is -0.481 e. The second-order valence-corrected chi connectivity index (χ2v) is 18.5. The van der Waals surface area contributed by atoms with Crippen molar-refractivity contribution in [3.8, 4) is 5.69 Å². The van der Waals surface area contributed by atoms with E-state index in [-0.39, 0.29) is 93.9 Å². The van der Waals surface area contributed by atoms with Crippen LogP contribution in [0, 0.1) is 11.8 Å². The van der Waals surface area contributed by atoms with Crippen molar-refractivity contribution in [1.29, 1.82) is 0 Å². The number of rotatable bonds is 30. The molecular weight excluding hydrogens is 996 g/mol. The number of aryl methyl sites for hydroxylation is 1. The number of likely N-dealkylation sites (tertiary alicyclic amines) is 2. The van der Waals surface area contributed by atoms with Crippen LogP contribution in [0.2, 0.25) is 0 Å². The first-order valence-electron chi connectivity index (χ1n) is 24.5. The van der Waals surface area contributed by atoms with Crippen molar-refractivity contribution in [2.75, 3.05) is 32.9 Å². The van der Waals surface area contributed by atoms with Gasteiger partial charge in [0.1, 0.15) is 24.2 Å². The molecule has 75 heavy (non-hydrogen) atoms. The fourth-order valence-electron chi connectivity index (χ4n) is 8.73. The van der Waals surface area contributed by atoms with E-state index in [4.69, 9.17) is 10.2 Å². The molecule has 2 aliphatic rings. The number of carboxylic acid groups (broad SMARTS) is 6. The molecule has 0 spiro atoms. The normalized spacial score (nSPS) is 15.7. The van der Waals surface area contributed by atoms with Crippen LogP contribution < -0.4 is 26.6 Å². The number of hydrogen-bond donors (Lipinski definition) is 11. The van der Waals surface area contributed by atoms with Gasteiger partial charge < -0.3 is 67.0 Å². The van der Waals surface area contributed by atoms with Gasteiger partial charge in [-0.25, -0.2) is 33.4 Å². The van der Waals surface area contributed by atoms with Gasteiger partial charge in [-0.15, -0.1) is 5.10 Å². The molecule has 4 rings (SSSR count). The predicted molar refractivity (Wildman–Crippen MR) is 256 cm³/mol. The molecule has 2 fully saturated rings. The van der Waals surface area contributed by atoms with E-state index in [2.05, 4.69) is 36.9 Å². The molecule has 11 N–H and O–H groups in total. The minimum atomic E-state index is -1.57. The molecule has 1 aromatic carbocycles. The zero-order valence-electron chi connectivity index (χ0n) is 41.1. The molecule has 2 aliphatic heterocycles. The molecule has 0 radical (unpaired) electrons. The molecule has 4 atom stereocenters. The van der Waals surface area contributed by atoms with Crippen LogP contribution in [0.5, 0.6) is 0 Å². The number of halogens is 1. The highest BCUT2D eigenvalue weighted by molar-refractivity contribution is 5.94. The SMILES string of the molecule is O=C(O)CC[C@H](NC(=O)N[C@@H](CC1CCN(C(=O)CCC(CCC(=O)N2CCC(C[C@H](NC(=O)N[C@@H](CCC(=O)O)C(=O)O)C(=O)O)CC2)NC(=O)c2ccc(-n3cc(CCCF)nn3)cc2)CC1)C(=O)O)C(=O)O. The van der Waals surface area contributed by atoms with Gasteiger partial charge in [0, 0.05) is 63.5 Å². The van der Waals surface area contributed by atoms with E-state index in [9.17, 15) is 77.6 Å². The fraction of sp³-hybridized carbons (Fsp3) is 0.596. The Morgan fingerprint density at radius 3 is 1.36 bits per heavy atom. The Labute approximate surface area is 428 Å². The summed E-state index contributed by atoms with van der Waals surface area (Å²) in [5, 5.41) is 75.8. The Kier molecular flexibility index (Phi) is 23.6. The standard InChI is InChI=1S/C47H65FN10O17/c48-19-1-2-31-26-58(55-54-31)32-7-3-29(4-8-32)41(65)49-30(5-11-37(59)56-20-15-27(16-21-56)24-35(44(70)71)52-46(74)50-33(42(66)67)9-13-39(61)62)6-12-38(60)57-22-17-28(18-23-57)25-36(45(72)73)53-47(75)51-34(43(68)69)10-14-40(63)64/h3-4,7-8,26-28,30,33-36H,1-2,5-6,9-25H2,(H,49,65)(H,61,62)(H,63,64)(H,66,67)(H,68,69)(H,70,71)(H,72,73)(H2,50,52,74)(H2,51,53,75)/t33-,34-,35-,36-/m0/s1. The van der Waals surface area contributed by atoms with Gasteiger partial charge >= 0.3 is 47.9 Å². The number of nitrogens with one attached hydrogen (secondary N) is 5. The summed E-state index contributed by atoms with van der Waals surface area (Å²) in [6.07, 6.45) is 2.02. The van der Waals surface area contributed by atoms with Gasteiger partial charge in [0.2, 0.25) is 11.8 Å². The quantitative estimate of drug-likeness (QED) is 0.0524. The number of nitrogens with zero attached hydrogens (tertiary/aromatic N) is 5. The number of aromatic nitrogens is 3. The number of aliphatic carboxylic acids is 6. The monoisotopic (exact) mass is 1060 g/mol. The van der Waals surface area contributed by atoms with E-state index in [1.807, 2.05) is 0 Å². The second kappa shape index (κ2) is 29.7. The molecule has 412 valence electrons. The molecule has 0 bridgehead atoms. The highest BCUT2D eigenvalue weighted by atomic mass is 19.1. The number of benzene rings is 1. The van der Waals surface area contributed by atoms with E-state index in [0.717, 1.165) is 0 Å². The van der Waals surface area contributed by atoms with Crippen molar-refractivity contribution in [2.24, 2.45) is 11.8 Å². The zero-order chi connectivity index (χ0) is 55.2. The summed E-state index contributed by atoms with van der Waals surface area (Å²) in [7, 11) is 0. The van der Waals surface area contributed by atoms with Crippen LogP contribution in [0.4, 0.5) is 14.0 Å². The number of carbonyl (C=O) groups excluding carboxylic acids is 5. The van der Waals surface area contributed by atoms with Crippen molar-refractivity contribution in [3.63, 3.8) is 0 Å². The summed E-state index contributed by atoms with van der Waals surface area (Å²) in [6, 6.07) is -2.42. The van der Waals surface area contributed by atoms with Crippen molar-refractivity contribution in [2.45, 2.75) is 133 Å². The molecular formula is C47H65FN10O17. The molecule has 3 heterocycles. The number of amides is 7. The molecule has 1 aromatic heterocycles. The Balaban J connectivity index is 1.34. The Hall–Kier alpha value is -7.94. The van der Waals surface area contributed by atoms with Gasteiger partial charge in [-0.05, 0) is 113 Å². The molecule has 7 amide bonds. The van der Waals surface area contributed by atoms with E-state index in [0.29, 0.717) is 49.9 Å². The molecule has 2 aromatic rings. The Bertz CT molecular complexity index is 2230. The first-order valence-corrected chi connectivity index (χ1v) is 24.5. The average molecular weight is 1060 g/mol. The van der Waals surface area contributed by atoms with Gasteiger partial charge in [0.25, 0.3) is 5.91 Å². The van der Waals surface area contributed by atoms with E-state index >= 15 is 0 Å². The van der Waals surface area contributed by atoms with E-state index < -0.39 is 116 Å². The topological polar surface area (TPSA) is 406 Å². The van der Waals surface area contributed by atoms with Crippen molar-refractivity contribution in [1.82, 2.24) is 51.4 Å². The summed E-state index contributed by atoms with van der Waals surface area (Å²) in [4.78, 5) is 138. The lowest BCUT2D eigenvalue weighted by atomic mass is 9.89. The summed E-state index contributed by atoms with van der Waals surface area (Å²) >= 11 is 0. The average Bonchev–Trinajstić information content (AvgIpc) is 3.85. The number of piperidine rings is 2. The Morgan fingerprint density at radius 2 is 0.973 bits per heavy atom. The van der Waals surface area contributed by atoms with Crippen molar-refractivity contribution >= 4 is 65.6 Å². The third kappa shape index (κ3) is 20.5. The second-order valence-electron chi connectivity index (χ2n) is 18.5. The maximum Gasteiger partial charge on any atom is 0.326 e. The van der Waals surface area contributed by atoms with Crippen molar-refractivity contribution in [3.05, 3.63) is 41.7 Å².